The lowest BCUT2D eigenvalue weighted by Gasteiger charge is -1.95. The lowest BCUT2D eigenvalue weighted by molar-refractivity contribution is 0.609. The van der Waals surface area contributed by atoms with E-state index in [-0.39, 0.29) is 4.91 Å². The van der Waals surface area contributed by atoms with Crippen LogP contribution < -0.4 is 0 Å². The summed E-state index contributed by atoms with van der Waals surface area (Å²) in [7, 11) is -3.26. The molecule has 0 aromatic heterocycles. The van der Waals surface area contributed by atoms with Gasteiger partial charge >= 0.3 is 0 Å². The Labute approximate surface area is 78.9 Å². The van der Waals surface area contributed by atoms with Gasteiger partial charge in [-0.1, -0.05) is 25.3 Å². The molecule has 0 amide bonds. The molecule has 0 unspecified atom stereocenters. The number of allylic oxidation sites excluding steroid dienone is 5. The molecule has 2 nitrogen and oxygen atoms in total. The highest BCUT2D eigenvalue weighted by atomic mass is 32.2. The summed E-state index contributed by atoms with van der Waals surface area (Å²) < 4.78 is 23.2. The predicted octanol–water partition coefficient (Wildman–Crippen LogP) is 2.33. The van der Waals surface area contributed by atoms with Gasteiger partial charge in [-0.2, -0.15) is 0 Å². The van der Waals surface area contributed by atoms with Gasteiger partial charge < -0.3 is 0 Å². The van der Waals surface area contributed by atoms with Crippen LogP contribution in [0, 0.1) is 0 Å². The highest BCUT2D eigenvalue weighted by Gasteiger charge is 2.29. The van der Waals surface area contributed by atoms with Crippen LogP contribution in [0.5, 0.6) is 0 Å². The van der Waals surface area contributed by atoms with Crippen LogP contribution in [0.25, 0.3) is 0 Å². The minimum Gasteiger partial charge on any atom is -0.219 e. The van der Waals surface area contributed by atoms with Crippen molar-refractivity contribution >= 4 is 9.84 Å². The Morgan fingerprint density at radius 2 is 2.08 bits per heavy atom. The van der Waals surface area contributed by atoms with Crippen LogP contribution >= 0.6 is 0 Å². The second kappa shape index (κ2) is 3.34. The highest BCUT2D eigenvalue weighted by Crippen LogP contribution is 2.34. The molecule has 3 heteroatoms. The van der Waals surface area contributed by atoms with Crippen LogP contribution in [0.15, 0.2) is 46.8 Å². The van der Waals surface area contributed by atoms with E-state index in [0.29, 0.717) is 11.3 Å². The average molecular weight is 196 g/mol. The summed E-state index contributed by atoms with van der Waals surface area (Å²) in [5, 5.41) is 0. The quantitative estimate of drug-likeness (QED) is 0.679. The molecule has 0 saturated carbocycles. The van der Waals surface area contributed by atoms with Crippen molar-refractivity contribution in [1.82, 2.24) is 0 Å². The zero-order valence-corrected chi connectivity index (χ0v) is 8.39. The minimum absolute atomic E-state index is 0.260. The number of hydrogen-bond acceptors (Lipinski definition) is 2. The van der Waals surface area contributed by atoms with E-state index in [4.69, 9.17) is 0 Å². The van der Waals surface area contributed by atoms with Crippen LogP contribution in [0.3, 0.4) is 0 Å². The Kier molecular flexibility index (Phi) is 2.57. The van der Waals surface area contributed by atoms with Gasteiger partial charge in [-0.05, 0) is 18.6 Å². The van der Waals surface area contributed by atoms with E-state index in [0.717, 1.165) is 5.57 Å². The van der Waals surface area contributed by atoms with E-state index in [1.54, 1.807) is 25.2 Å². The van der Waals surface area contributed by atoms with Crippen LogP contribution in [0.4, 0.5) is 0 Å². The van der Waals surface area contributed by atoms with Gasteiger partial charge in [0, 0.05) is 11.3 Å². The molecule has 0 aromatic rings. The van der Waals surface area contributed by atoms with E-state index in [1.807, 2.05) is 0 Å². The fraction of sp³-hybridized carbons (Fsp3) is 0.200. The van der Waals surface area contributed by atoms with Gasteiger partial charge in [0.2, 0.25) is 9.84 Å². The van der Waals surface area contributed by atoms with Crippen molar-refractivity contribution in [3.8, 4) is 0 Å². The van der Waals surface area contributed by atoms with Crippen molar-refractivity contribution in [3.05, 3.63) is 46.8 Å². The van der Waals surface area contributed by atoms with E-state index >= 15 is 0 Å². The zero-order valence-electron chi connectivity index (χ0n) is 7.58. The minimum atomic E-state index is -3.26. The predicted molar refractivity (Wildman–Crippen MR) is 54.7 cm³/mol. The first kappa shape index (κ1) is 9.99. The summed E-state index contributed by atoms with van der Waals surface area (Å²) in [6, 6.07) is 0. The van der Waals surface area contributed by atoms with Gasteiger partial charge in [0.05, 0.1) is 4.91 Å². The third-order valence-electron chi connectivity index (χ3n) is 1.94. The molecule has 0 spiro atoms. The van der Waals surface area contributed by atoms with Crippen molar-refractivity contribution < 1.29 is 8.42 Å². The van der Waals surface area contributed by atoms with Crippen molar-refractivity contribution in [1.29, 1.82) is 0 Å². The molecule has 1 heterocycles. The molecule has 0 N–H and O–H groups in total. The first-order valence-corrected chi connectivity index (χ1v) is 5.43. The summed E-state index contributed by atoms with van der Waals surface area (Å²) >= 11 is 0. The summed E-state index contributed by atoms with van der Waals surface area (Å²) in [4.78, 5) is 0.602. The summed E-state index contributed by atoms with van der Waals surface area (Å²) in [5.74, 6) is 0. The molecule has 0 saturated heterocycles. The SMILES string of the molecule is C=CC1=C(/C=C\C)S(=O)(=O)C(=C)C1. The Morgan fingerprint density at radius 1 is 1.46 bits per heavy atom. The van der Waals surface area contributed by atoms with Crippen molar-refractivity contribution in [2.45, 2.75) is 13.3 Å². The Balaban J connectivity index is 3.38. The second-order valence-corrected chi connectivity index (χ2v) is 4.84. The maximum Gasteiger partial charge on any atom is 0.202 e. The van der Waals surface area contributed by atoms with Gasteiger partial charge in [-0.25, -0.2) is 8.42 Å². The molecule has 1 aliphatic rings. The summed E-state index contributed by atoms with van der Waals surface area (Å²) in [5.41, 5.74) is 0.739. The molecule has 0 bridgehead atoms. The highest BCUT2D eigenvalue weighted by molar-refractivity contribution is 7.99. The lowest BCUT2D eigenvalue weighted by atomic mass is 10.2. The van der Waals surface area contributed by atoms with Crippen LogP contribution in [0.1, 0.15) is 13.3 Å². The maximum absolute atomic E-state index is 11.6. The molecule has 13 heavy (non-hydrogen) atoms. The largest absolute Gasteiger partial charge is 0.219 e. The second-order valence-electron chi connectivity index (χ2n) is 2.81. The standard InChI is InChI=1S/C10H12O2S/c1-4-6-10-9(5-2)7-8(3)13(10,11)12/h4-6H,2-3,7H2,1H3/b6-4-. The molecule has 0 atom stereocenters. The van der Waals surface area contributed by atoms with E-state index in [1.165, 1.54) is 0 Å². The normalized spacial score (nSPS) is 21.5. The first-order valence-electron chi connectivity index (χ1n) is 3.95. The van der Waals surface area contributed by atoms with Gasteiger partial charge in [-0.15, -0.1) is 0 Å². The van der Waals surface area contributed by atoms with Gasteiger partial charge in [0.1, 0.15) is 0 Å². The molecule has 1 aliphatic heterocycles. The molecule has 0 aromatic carbocycles. The number of sulfone groups is 1. The molecule has 0 aliphatic carbocycles. The van der Waals surface area contributed by atoms with E-state index in [9.17, 15) is 8.42 Å². The summed E-state index contributed by atoms with van der Waals surface area (Å²) in [6.45, 7) is 8.89. The average Bonchev–Trinajstić information content (AvgIpc) is 2.29. The Bertz CT molecular complexity index is 408. The fourth-order valence-electron chi connectivity index (χ4n) is 1.24. The Hall–Kier alpha value is -1.09. The molecule has 70 valence electrons. The van der Waals surface area contributed by atoms with E-state index in [2.05, 4.69) is 13.2 Å². The van der Waals surface area contributed by atoms with Crippen LogP contribution in [-0.2, 0) is 9.84 Å². The van der Waals surface area contributed by atoms with E-state index < -0.39 is 9.84 Å². The van der Waals surface area contributed by atoms with Crippen molar-refractivity contribution in [3.63, 3.8) is 0 Å². The third-order valence-corrected chi connectivity index (χ3v) is 3.82. The number of rotatable bonds is 2. The smallest absolute Gasteiger partial charge is 0.202 e. The first-order chi connectivity index (χ1) is 6.04. The van der Waals surface area contributed by atoms with Crippen molar-refractivity contribution in [2.75, 3.05) is 0 Å². The zero-order chi connectivity index (χ0) is 10.1. The lowest BCUT2D eigenvalue weighted by Crippen LogP contribution is -1.97. The monoisotopic (exact) mass is 196 g/mol. The van der Waals surface area contributed by atoms with Crippen LogP contribution in [-0.4, -0.2) is 8.42 Å². The summed E-state index contributed by atoms with van der Waals surface area (Å²) in [6.07, 6.45) is 5.26. The third kappa shape index (κ3) is 1.52. The van der Waals surface area contributed by atoms with Gasteiger partial charge in [0.15, 0.2) is 0 Å². The number of hydrogen-bond donors (Lipinski definition) is 0. The van der Waals surface area contributed by atoms with Gasteiger partial charge in [-0.3, -0.25) is 0 Å². The Morgan fingerprint density at radius 3 is 2.54 bits per heavy atom. The molecule has 0 fully saturated rings. The molecular weight excluding hydrogens is 184 g/mol. The van der Waals surface area contributed by atoms with Crippen molar-refractivity contribution in [2.24, 2.45) is 0 Å². The fourth-order valence-corrected chi connectivity index (χ4v) is 2.72. The molecule has 0 radical (unpaired) electrons. The topological polar surface area (TPSA) is 34.1 Å². The molecule has 1 rings (SSSR count). The molecular formula is C10H12O2S. The van der Waals surface area contributed by atoms with Crippen LogP contribution in [0.2, 0.25) is 0 Å². The van der Waals surface area contributed by atoms with Gasteiger partial charge in [0.25, 0.3) is 0 Å². The maximum atomic E-state index is 11.6.